The Morgan fingerprint density at radius 2 is 1.84 bits per heavy atom. The van der Waals surface area contributed by atoms with E-state index in [0.29, 0.717) is 5.54 Å². The molecule has 112 valence electrons. The fraction of sp³-hybridized carbons (Fsp3) is 1.00. The molecule has 2 rings (SSSR count). The van der Waals surface area contributed by atoms with E-state index in [1.165, 1.54) is 58.0 Å². The average Bonchev–Trinajstić information content (AvgIpc) is 2.47. The summed E-state index contributed by atoms with van der Waals surface area (Å²) in [7, 11) is 4.43. The van der Waals surface area contributed by atoms with Crippen molar-refractivity contribution in [3.05, 3.63) is 0 Å². The van der Waals surface area contributed by atoms with Crippen molar-refractivity contribution in [2.45, 2.75) is 63.5 Å². The van der Waals surface area contributed by atoms with Crippen molar-refractivity contribution >= 4 is 0 Å². The average molecular weight is 267 g/mol. The van der Waals surface area contributed by atoms with Crippen molar-refractivity contribution in [1.29, 1.82) is 0 Å². The monoisotopic (exact) mass is 267 g/mol. The van der Waals surface area contributed by atoms with Crippen molar-refractivity contribution in [3.63, 3.8) is 0 Å². The topological polar surface area (TPSA) is 32.5 Å². The van der Waals surface area contributed by atoms with Gasteiger partial charge in [0.2, 0.25) is 0 Å². The quantitative estimate of drug-likeness (QED) is 0.848. The van der Waals surface area contributed by atoms with Crippen molar-refractivity contribution in [3.8, 4) is 0 Å². The smallest absolute Gasteiger partial charge is 0.0359 e. The van der Waals surface area contributed by atoms with Crippen molar-refractivity contribution in [1.82, 2.24) is 9.80 Å². The lowest BCUT2D eigenvalue weighted by atomic mass is 9.69. The molecule has 0 amide bonds. The first kappa shape index (κ1) is 15.3. The number of rotatable bonds is 4. The van der Waals surface area contributed by atoms with Crippen LogP contribution in [0.15, 0.2) is 0 Å². The first-order valence-electron chi connectivity index (χ1n) is 8.25. The van der Waals surface area contributed by atoms with E-state index < -0.39 is 0 Å². The zero-order valence-corrected chi connectivity index (χ0v) is 13.2. The Balaban J connectivity index is 2.05. The lowest BCUT2D eigenvalue weighted by Gasteiger charge is -2.53. The van der Waals surface area contributed by atoms with Gasteiger partial charge in [-0.15, -0.1) is 0 Å². The Morgan fingerprint density at radius 1 is 1.16 bits per heavy atom. The highest BCUT2D eigenvalue weighted by molar-refractivity contribution is 5.01. The normalized spacial score (nSPS) is 34.9. The predicted molar refractivity (Wildman–Crippen MR) is 82.3 cm³/mol. The minimum atomic E-state index is 0.324. The number of nitrogens with two attached hydrogens (primary N) is 1. The van der Waals surface area contributed by atoms with Gasteiger partial charge in [0, 0.05) is 31.2 Å². The van der Waals surface area contributed by atoms with E-state index >= 15 is 0 Å². The highest BCUT2D eigenvalue weighted by Crippen LogP contribution is 2.41. The first-order valence-corrected chi connectivity index (χ1v) is 8.25. The van der Waals surface area contributed by atoms with Gasteiger partial charge in [0.1, 0.15) is 0 Å². The van der Waals surface area contributed by atoms with Crippen LogP contribution in [0.1, 0.15) is 51.9 Å². The Bertz CT molecular complexity index is 271. The van der Waals surface area contributed by atoms with E-state index in [9.17, 15) is 0 Å². The van der Waals surface area contributed by atoms with Crippen LogP contribution in [0.2, 0.25) is 0 Å². The van der Waals surface area contributed by atoms with E-state index in [-0.39, 0.29) is 0 Å². The van der Waals surface area contributed by atoms with Gasteiger partial charge in [0.05, 0.1) is 0 Å². The molecule has 0 aromatic rings. The summed E-state index contributed by atoms with van der Waals surface area (Å²) in [6, 6.07) is 0.773. The molecule has 0 aromatic carbocycles. The summed E-state index contributed by atoms with van der Waals surface area (Å²) >= 11 is 0. The highest BCUT2D eigenvalue weighted by atomic mass is 15.2. The summed E-state index contributed by atoms with van der Waals surface area (Å²) in [4.78, 5) is 5.16. The third-order valence-corrected chi connectivity index (χ3v) is 5.84. The molecule has 1 heterocycles. The molecule has 3 nitrogen and oxygen atoms in total. The Morgan fingerprint density at radius 3 is 2.37 bits per heavy atom. The SMILES string of the molecule is CCC1CCCCC1(CN)N1CCC(N(C)C)CC1. The number of nitrogens with zero attached hydrogens (tertiary/aromatic N) is 2. The van der Waals surface area contributed by atoms with Crippen LogP contribution < -0.4 is 5.73 Å². The molecule has 1 aliphatic heterocycles. The molecule has 1 aliphatic carbocycles. The fourth-order valence-corrected chi connectivity index (χ4v) is 4.52. The zero-order valence-electron chi connectivity index (χ0n) is 13.2. The van der Waals surface area contributed by atoms with E-state index in [4.69, 9.17) is 5.73 Å². The molecule has 0 bridgehead atoms. The van der Waals surface area contributed by atoms with Crippen molar-refractivity contribution in [2.75, 3.05) is 33.7 Å². The van der Waals surface area contributed by atoms with E-state index in [0.717, 1.165) is 18.5 Å². The maximum Gasteiger partial charge on any atom is 0.0359 e. The van der Waals surface area contributed by atoms with Gasteiger partial charge in [-0.3, -0.25) is 4.90 Å². The molecule has 0 radical (unpaired) electrons. The molecule has 2 aliphatic rings. The minimum Gasteiger partial charge on any atom is -0.329 e. The number of piperidine rings is 1. The maximum atomic E-state index is 6.28. The van der Waals surface area contributed by atoms with Gasteiger partial charge in [-0.1, -0.05) is 26.2 Å². The number of likely N-dealkylation sites (tertiary alicyclic amines) is 1. The van der Waals surface area contributed by atoms with Crippen LogP contribution >= 0.6 is 0 Å². The van der Waals surface area contributed by atoms with Crippen LogP contribution in [0.3, 0.4) is 0 Å². The fourth-order valence-electron chi connectivity index (χ4n) is 4.52. The third kappa shape index (κ3) is 2.98. The van der Waals surface area contributed by atoms with Gasteiger partial charge in [-0.2, -0.15) is 0 Å². The molecular weight excluding hydrogens is 234 g/mol. The zero-order chi connectivity index (χ0) is 13.9. The predicted octanol–water partition coefficient (Wildman–Crippen LogP) is 2.31. The second kappa shape index (κ2) is 6.55. The summed E-state index contributed by atoms with van der Waals surface area (Å²) in [6.07, 6.45) is 9.42. The van der Waals surface area contributed by atoms with Crippen LogP contribution in [0.5, 0.6) is 0 Å². The van der Waals surface area contributed by atoms with Gasteiger partial charge in [-0.05, 0) is 45.7 Å². The van der Waals surface area contributed by atoms with Gasteiger partial charge in [0.15, 0.2) is 0 Å². The highest BCUT2D eigenvalue weighted by Gasteiger charge is 2.44. The minimum absolute atomic E-state index is 0.324. The van der Waals surface area contributed by atoms with Crippen LogP contribution in [0.4, 0.5) is 0 Å². The third-order valence-electron chi connectivity index (χ3n) is 5.84. The van der Waals surface area contributed by atoms with Crippen LogP contribution in [0.25, 0.3) is 0 Å². The standard InChI is InChI=1S/C16H33N3/c1-4-14-7-5-6-10-16(14,13-17)19-11-8-15(9-12-19)18(2)3/h14-15H,4-13,17H2,1-3H3. The van der Waals surface area contributed by atoms with E-state index in [1.807, 2.05) is 0 Å². The maximum absolute atomic E-state index is 6.28. The van der Waals surface area contributed by atoms with Gasteiger partial charge >= 0.3 is 0 Å². The van der Waals surface area contributed by atoms with Crippen LogP contribution in [0, 0.1) is 5.92 Å². The second-order valence-corrected chi connectivity index (χ2v) is 6.84. The summed E-state index contributed by atoms with van der Waals surface area (Å²) in [5.74, 6) is 0.821. The molecule has 19 heavy (non-hydrogen) atoms. The largest absolute Gasteiger partial charge is 0.329 e. The first-order chi connectivity index (χ1) is 9.14. The Labute approximate surface area is 119 Å². The lowest BCUT2D eigenvalue weighted by molar-refractivity contribution is -0.0209. The van der Waals surface area contributed by atoms with Gasteiger partial charge < -0.3 is 10.6 Å². The van der Waals surface area contributed by atoms with Crippen LogP contribution in [-0.2, 0) is 0 Å². The summed E-state index contributed by atoms with van der Waals surface area (Å²) in [5.41, 5.74) is 6.60. The van der Waals surface area contributed by atoms with E-state index in [1.54, 1.807) is 0 Å². The molecule has 0 aromatic heterocycles. The van der Waals surface area contributed by atoms with Crippen LogP contribution in [-0.4, -0.2) is 55.1 Å². The summed E-state index contributed by atoms with van der Waals surface area (Å²) in [5, 5.41) is 0. The Kier molecular flexibility index (Phi) is 5.27. The second-order valence-electron chi connectivity index (χ2n) is 6.84. The molecule has 2 unspecified atom stereocenters. The summed E-state index contributed by atoms with van der Waals surface area (Å²) < 4.78 is 0. The van der Waals surface area contributed by atoms with Crippen molar-refractivity contribution < 1.29 is 0 Å². The molecule has 2 N–H and O–H groups in total. The molecular formula is C16H33N3. The molecule has 2 fully saturated rings. The van der Waals surface area contributed by atoms with Gasteiger partial charge in [-0.25, -0.2) is 0 Å². The molecule has 2 atom stereocenters. The number of hydrogen-bond donors (Lipinski definition) is 1. The van der Waals surface area contributed by atoms with E-state index in [2.05, 4.69) is 30.8 Å². The molecule has 1 saturated heterocycles. The molecule has 1 saturated carbocycles. The molecule has 3 heteroatoms. The lowest BCUT2D eigenvalue weighted by Crippen LogP contribution is -2.62. The summed E-state index contributed by atoms with van der Waals surface area (Å²) in [6.45, 7) is 5.71. The Hall–Kier alpha value is -0.120. The van der Waals surface area contributed by atoms with Gasteiger partial charge in [0.25, 0.3) is 0 Å². The van der Waals surface area contributed by atoms with Crippen molar-refractivity contribution in [2.24, 2.45) is 11.7 Å². The number of hydrogen-bond acceptors (Lipinski definition) is 3. The molecule has 0 spiro atoms.